The highest BCUT2D eigenvalue weighted by atomic mass is 16.5. The Bertz CT molecular complexity index is 203. The molecule has 2 aliphatic heterocycles. The summed E-state index contributed by atoms with van der Waals surface area (Å²) in [5.41, 5.74) is 0.434. The van der Waals surface area contributed by atoms with E-state index >= 15 is 0 Å². The van der Waals surface area contributed by atoms with Crippen LogP contribution in [-0.2, 0) is 4.74 Å². The molecule has 2 fully saturated rings. The van der Waals surface area contributed by atoms with Crippen LogP contribution in [0.1, 0.15) is 47.5 Å². The van der Waals surface area contributed by atoms with Crippen molar-refractivity contribution in [3.05, 3.63) is 0 Å². The summed E-state index contributed by atoms with van der Waals surface area (Å²) in [5, 5.41) is 3.53. The highest BCUT2D eigenvalue weighted by Crippen LogP contribution is 2.44. The monoisotopic (exact) mass is 227 g/mol. The van der Waals surface area contributed by atoms with E-state index < -0.39 is 0 Å². The van der Waals surface area contributed by atoms with Crippen LogP contribution in [0.25, 0.3) is 0 Å². The highest BCUT2D eigenvalue weighted by molar-refractivity contribution is 4.97. The Morgan fingerprint density at radius 2 is 2.00 bits per heavy atom. The fourth-order valence-corrected chi connectivity index (χ4v) is 3.04. The number of hydrogen-bond donors (Lipinski definition) is 1. The average Bonchev–Trinajstić information content (AvgIpc) is 2.32. The van der Waals surface area contributed by atoms with Gasteiger partial charge in [0.15, 0.2) is 0 Å². The van der Waals surface area contributed by atoms with Crippen LogP contribution in [-0.4, -0.2) is 25.8 Å². The molecule has 0 spiro atoms. The summed E-state index contributed by atoms with van der Waals surface area (Å²) in [4.78, 5) is 0. The lowest BCUT2D eigenvalue weighted by atomic mass is 9.63. The molecule has 0 radical (unpaired) electrons. The Hall–Kier alpha value is -0.0800. The molecule has 96 valence electrons. The molecule has 0 aromatic rings. The largest absolute Gasteiger partial charge is 0.377 e. The summed E-state index contributed by atoms with van der Waals surface area (Å²) < 4.78 is 5.86. The summed E-state index contributed by atoms with van der Waals surface area (Å²) in [6.45, 7) is 14.3. The third-order valence-corrected chi connectivity index (χ3v) is 4.46. The van der Waals surface area contributed by atoms with Gasteiger partial charge >= 0.3 is 0 Å². The molecule has 2 heteroatoms. The van der Waals surface area contributed by atoms with Crippen LogP contribution in [0, 0.1) is 17.3 Å². The molecule has 2 nitrogen and oxygen atoms in total. The summed E-state index contributed by atoms with van der Waals surface area (Å²) in [7, 11) is 0. The summed E-state index contributed by atoms with van der Waals surface area (Å²) in [6, 6.07) is 0. The van der Waals surface area contributed by atoms with Crippen molar-refractivity contribution in [3.8, 4) is 0 Å². The second-order valence-corrected chi connectivity index (χ2v) is 5.45. The first-order valence-corrected chi connectivity index (χ1v) is 6.97. The highest BCUT2D eigenvalue weighted by Gasteiger charge is 2.45. The normalized spacial score (nSPS) is 38.6. The Morgan fingerprint density at radius 3 is 2.62 bits per heavy atom. The SMILES string of the molecule is CC.CC(C)C1(C)CNCC2OCCCC21. The predicted molar refractivity (Wildman–Crippen MR) is 69.6 cm³/mol. The zero-order valence-corrected chi connectivity index (χ0v) is 11.7. The molecular formula is C14H29NO. The maximum atomic E-state index is 5.86. The molecule has 0 aromatic heterocycles. The third-order valence-electron chi connectivity index (χ3n) is 4.46. The molecule has 3 atom stereocenters. The van der Waals surface area contributed by atoms with Gasteiger partial charge in [0.25, 0.3) is 0 Å². The van der Waals surface area contributed by atoms with E-state index in [2.05, 4.69) is 26.1 Å². The van der Waals surface area contributed by atoms with Crippen molar-refractivity contribution in [2.45, 2.75) is 53.6 Å². The lowest BCUT2D eigenvalue weighted by molar-refractivity contribution is -0.103. The lowest BCUT2D eigenvalue weighted by Gasteiger charge is -2.50. The molecule has 0 saturated carbocycles. The molecule has 0 aliphatic carbocycles. The summed E-state index contributed by atoms with van der Waals surface area (Å²) in [6.07, 6.45) is 3.09. The Balaban J connectivity index is 0.000000606. The maximum Gasteiger partial charge on any atom is 0.0733 e. The van der Waals surface area contributed by atoms with Gasteiger partial charge in [-0.3, -0.25) is 0 Å². The van der Waals surface area contributed by atoms with Crippen molar-refractivity contribution in [1.29, 1.82) is 0 Å². The standard InChI is InChI=1S/C12H23NO.C2H6/c1-9(2)12(3)8-13-7-11-10(12)5-4-6-14-11;1-2/h9-11,13H,4-8H2,1-3H3;1-2H3. The van der Waals surface area contributed by atoms with E-state index in [1.54, 1.807) is 0 Å². The molecule has 16 heavy (non-hydrogen) atoms. The fourth-order valence-electron chi connectivity index (χ4n) is 3.04. The van der Waals surface area contributed by atoms with E-state index in [9.17, 15) is 0 Å². The number of hydrogen-bond acceptors (Lipinski definition) is 2. The maximum absolute atomic E-state index is 5.86. The first-order valence-electron chi connectivity index (χ1n) is 6.97. The molecular weight excluding hydrogens is 198 g/mol. The van der Waals surface area contributed by atoms with E-state index in [4.69, 9.17) is 4.74 Å². The van der Waals surface area contributed by atoms with Crippen molar-refractivity contribution in [2.24, 2.45) is 17.3 Å². The van der Waals surface area contributed by atoms with Gasteiger partial charge in [0, 0.05) is 19.7 Å². The van der Waals surface area contributed by atoms with Crippen molar-refractivity contribution in [1.82, 2.24) is 5.32 Å². The Labute approximate surface area is 101 Å². The number of ether oxygens (including phenoxy) is 1. The average molecular weight is 227 g/mol. The third kappa shape index (κ3) is 2.60. The number of rotatable bonds is 1. The summed E-state index contributed by atoms with van der Waals surface area (Å²) >= 11 is 0. The van der Waals surface area contributed by atoms with E-state index in [0.717, 1.165) is 31.5 Å². The van der Waals surface area contributed by atoms with E-state index in [1.807, 2.05) is 13.8 Å². The molecule has 0 aromatic carbocycles. The van der Waals surface area contributed by atoms with Gasteiger partial charge < -0.3 is 10.1 Å². The van der Waals surface area contributed by atoms with Crippen LogP contribution < -0.4 is 5.32 Å². The lowest BCUT2D eigenvalue weighted by Crippen LogP contribution is -2.57. The minimum absolute atomic E-state index is 0.434. The smallest absolute Gasteiger partial charge is 0.0733 e. The van der Waals surface area contributed by atoms with Gasteiger partial charge in [-0.15, -0.1) is 0 Å². The molecule has 3 unspecified atom stereocenters. The van der Waals surface area contributed by atoms with Gasteiger partial charge in [0.1, 0.15) is 0 Å². The van der Waals surface area contributed by atoms with E-state index in [-0.39, 0.29) is 0 Å². The number of nitrogens with one attached hydrogen (secondary N) is 1. The zero-order valence-electron chi connectivity index (χ0n) is 11.7. The summed E-state index contributed by atoms with van der Waals surface area (Å²) in [5.74, 6) is 1.52. The van der Waals surface area contributed by atoms with Crippen molar-refractivity contribution < 1.29 is 4.74 Å². The molecule has 2 aliphatic rings. The zero-order chi connectivity index (χ0) is 12.2. The van der Waals surface area contributed by atoms with Crippen LogP contribution >= 0.6 is 0 Å². The first kappa shape index (κ1) is 14.0. The van der Waals surface area contributed by atoms with Gasteiger partial charge in [0.05, 0.1) is 6.10 Å². The molecule has 0 amide bonds. The number of fused-ring (bicyclic) bond motifs is 1. The molecule has 2 heterocycles. The predicted octanol–water partition coefficient (Wildman–Crippen LogP) is 3.07. The van der Waals surface area contributed by atoms with Gasteiger partial charge in [-0.2, -0.15) is 0 Å². The first-order chi connectivity index (χ1) is 7.64. The molecule has 1 N–H and O–H groups in total. The van der Waals surface area contributed by atoms with Gasteiger partial charge in [-0.25, -0.2) is 0 Å². The minimum atomic E-state index is 0.434. The second-order valence-electron chi connectivity index (χ2n) is 5.45. The van der Waals surface area contributed by atoms with Crippen LogP contribution in [0.2, 0.25) is 0 Å². The number of piperidine rings is 1. The van der Waals surface area contributed by atoms with Gasteiger partial charge in [-0.05, 0) is 30.1 Å². The van der Waals surface area contributed by atoms with Crippen LogP contribution in [0.4, 0.5) is 0 Å². The molecule has 2 rings (SSSR count). The second kappa shape index (κ2) is 6.02. The molecule has 2 saturated heterocycles. The van der Waals surface area contributed by atoms with Crippen LogP contribution in [0.15, 0.2) is 0 Å². The molecule has 0 bridgehead atoms. The van der Waals surface area contributed by atoms with E-state index in [0.29, 0.717) is 11.5 Å². The van der Waals surface area contributed by atoms with Crippen molar-refractivity contribution >= 4 is 0 Å². The fraction of sp³-hybridized carbons (Fsp3) is 1.00. The Morgan fingerprint density at radius 1 is 1.31 bits per heavy atom. The quantitative estimate of drug-likeness (QED) is 0.743. The van der Waals surface area contributed by atoms with Crippen LogP contribution in [0.5, 0.6) is 0 Å². The van der Waals surface area contributed by atoms with Crippen molar-refractivity contribution in [3.63, 3.8) is 0 Å². The van der Waals surface area contributed by atoms with Crippen molar-refractivity contribution in [2.75, 3.05) is 19.7 Å². The minimum Gasteiger partial charge on any atom is -0.377 e. The van der Waals surface area contributed by atoms with Gasteiger partial charge in [0.2, 0.25) is 0 Å². The van der Waals surface area contributed by atoms with Crippen LogP contribution in [0.3, 0.4) is 0 Å². The van der Waals surface area contributed by atoms with E-state index in [1.165, 1.54) is 12.8 Å². The topological polar surface area (TPSA) is 21.3 Å². The Kier molecular flexibility index (Phi) is 5.26. The van der Waals surface area contributed by atoms with Gasteiger partial charge in [-0.1, -0.05) is 34.6 Å².